The second kappa shape index (κ2) is 14.1. The Morgan fingerprint density at radius 3 is 2.50 bits per heavy atom. The number of nitrogens with one attached hydrogen (secondary N) is 2. The Hall–Kier alpha value is -2.08. The van der Waals surface area contributed by atoms with E-state index < -0.39 is 0 Å². The number of benzene rings is 1. The summed E-state index contributed by atoms with van der Waals surface area (Å²) in [5.74, 6) is 2.37. The van der Waals surface area contributed by atoms with Crippen molar-refractivity contribution >= 4 is 53.6 Å². The summed E-state index contributed by atoms with van der Waals surface area (Å²) in [7, 11) is 3.49. The second-order valence-corrected chi connectivity index (χ2v) is 8.66. The molecule has 1 aromatic carbocycles. The van der Waals surface area contributed by atoms with E-state index in [4.69, 9.17) is 0 Å². The van der Waals surface area contributed by atoms with Gasteiger partial charge in [-0.2, -0.15) is 0 Å². The van der Waals surface area contributed by atoms with Gasteiger partial charge >= 0.3 is 0 Å². The van der Waals surface area contributed by atoms with E-state index in [1.54, 1.807) is 43.2 Å². The van der Waals surface area contributed by atoms with E-state index in [0.717, 1.165) is 44.2 Å². The summed E-state index contributed by atoms with van der Waals surface area (Å²) < 4.78 is 0. The van der Waals surface area contributed by atoms with Gasteiger partial charge in [0.1, 0.15) is 6.54 Å². The third-order valence-corrected chi connectivity index (χ3v) is 5.96. The molecule has 0 bridgehead atoms. The first-order valence-corrected chi connectivity index (χ1v) is 11.5. The number of hydrogen-bond acceptors (Lipinski definition) is 6. The number of halogens is 1. The predicted octanol–water partition coefficient (Wildman–Crippen LogP) is 2.48. The van der Waals surface area contributed by atoms with E-state index >= 15 is 0 Å². The smallest absolute Gasteiger partial charge is 0.243 e. The van der Waals surface area contributed by atoms with E-state index in [9.17, 15) is 4.79 Å². The van der Waals surface area contributed by atoms with E-state index in [1.807, 2.05) is 24.3 Å². The number of rotatable bonds is 8. The fraction of sp³-hybridized carbons (Fsp3) is 0.455. The first-order chi connectivity index (χ1) is 15.1. The summed E-state index contributed by atoms with van der Waals surface area (Å²) in [6, 6.07) is 12.5. The normalized spacial score (nSPS) is 14.4. The van der Waals surface area contributed by atoms with Crippen molar-refractivity contribution in [3.63, 3.8) is 0 Å². The molecule has 10 heteroatoms. The van der Waals surface area contributed by atoms with Crippen LogP contribution in [0, 0.1) is 0 Å². The van der Waals surface area contributed by atoms with Gasteiger partial charge in [-0.25, -0.2) is 15.0 Å². The maximum absolute atomic E-state index is 12.0. The molecule has 1 aliphatic rings. The number of anilines is 1. The van der Waals surface area contributed by atoms with Crippen molar-refractivity contribution in [1.29, 1.82) is 0 Å². The van der Waals surface area contributed by atoms with Crippen LogP contribution in [0.15, 0.2) is 58.7 Å². The van der Waals surface area contributed by atoms with Crippen LogP contribution in [0.2, 0.25) is 0 Å². The van der Waals surface area contributed by atoms with Crippen molar-refractivity contribution in [1.82, 2.24) is 25.5 Å². The van der Waals surface area contributed by atoms with Gasteiger partial charge in [0.25, 0.3) is 0 Å². The van der Waals surface area contributed by atoms with Gasteiger partial charge in [-0.05, 0) is 31.0 Å². The maximum Gasteiger partial charge on any atom is 0.243 e. The molecule has 8 nitrogen and oxygen atoms in total. The van der Waals surface area contributed by atoms with Crippen molar-refractivity contribution in [2.45, 2.75) is 23.8 Å². The lowest BCUT2D eigenvalue weighted by molar-refractivity contribution is -0.127. The second-order valence-electron chi connectivity index (χ2n) is 7.50. The van der Waals surface area contributed by atoms with Gasteiger partial charge in [0.2, 0.25) is 11.9 Å². The molecule has 1 aromatic heterocycles. The highest BCUT2D eigenvalue weighted by molar-refractivity contribution is 14.0. The van der Waals surface area contributed by atoms with Crippen LogP contribution in [0.25, 0.3) is 0 Å². The number of amides is 1. The lowest BCUT2D eigenvalue weighted by Gasteiger charge is -2.33. The number of piperidine rings is 1. The molecule has 2 aromatic rings. The Balaban J connectivity index is 0.00000363. The van der Waals surface area contributed by atoms with E-state index in [0.29, 0.717) is 12.0 Å². The number of aromatic nitrogens is 2. The highest BCUT2D eigenvalue weighted by atomic mass is 127. The van der Waals surface area contributed by atoms with Gasteiger partial charge in [0, 0.05) is 62.8 Å². The molecule has 0 atom stereocenters. The van der Waals surface area contributed by atoms with E-state index in [2.05, 4.69) is 42.6 Å². The van der Waals surface area contributed by atoms with Crippen LogP contribution in [0.4, 0.5) is 5.95 Å². The first-order valence-electron chi connectivity index (χ1n) is 10.6. The molecular weight excluding hydrogens is 537 g/mol. The molecule has 2 heterocycles. The van der Waals surface area contributed by atoms with Crippen molar-refractivity contribution in [2.24, 2.45) is 4.99 Å². The van der Waals surface area contributed by atoms with Crippen LogP contribution < -0.4 is 15.5 Å². The zero-order valence-electron chi connectivity index (χ0n) is 18.6. The molecule has 174 valence electrons. The molecule has 1 aliphatic heterocycles. The van der Waals surface area contributed by atoms with Crippen LogP contribution in [0.1, 0.15) is 12.8 Å². The third-order valence-electron chi connectivity index (χ3n) is 4.95. The zero-order chi connectivity index (χ0) is 21.9. The number of guanidine groups is 1. The molecule has 0 radical (unpaired) electrons. The summed E-state index contributed by atoms with van der Waals surface area (Å²) in [5, 5.41) is 6.90. The summed E-state index contributed by atoms with van der Waals surface area (Å²) in [6.07, 6.45) is 5.46. The SMILES string of the molecule is CN(C)C(=O)CN=C(NCCSc1ccccc1)NC1CCN(c2ncccn2)CC1.I. The molecule has 2 N–H and O–H groups in total. The molecule has 0 spiro atoms. The molecular formula is C22H32IN7OS. The summed E-state index contributed by atoms with van der Waals surface area (Å²) in [4.78, 5) is 30.2. The fourth-order valence-electron chi connectivity index (χ4n) is 3.17. The topological polar surface area (TPSA) is 85.8 Å². The van der Waals surface area contributed by atoms with Crippen LogP contribution >= 0.6 is 35.7 Å². The van der Waals surface area contributed by atoms with E-state index in [1.165, 1.54) is 4.90 Å². The average Bonchev–Trinajstić information content (AvgIpc) is 2.81. The minimum atomic E-state index is -0.0178. The van der Waals surface area contributed by atoms with Gasteiger partial charge < -0.3 is 20.4 Å². The van der Waals surface area contributed by atoms with Crippen LogP contribution in [-0.4, -0.2) is 78.8 Å². The number of hydrogen-bond donors (Lipinski definition) is 2. The summed E-state index contributed by atoms with van der Waals surface area (Å²) in [5.41, 5.74) is 0. The molecule has 3 rings (SSSR count). The number of likely N-dealkylation sites (N-methyl/N-ethyl adjacent to an activating group) is 1. The number of thioether (sulfide) groups is 1. The van der Waals surface area contributed by atoms with Crippen LogP contribution in [0.5, 0.6) is 0 Å². The Morgan fingerprint density at radius 2 is 1.84 bits per heavy atom. The van der Waals surface area contributed by atoms with Gasteiger partial charge in [-0.15, -0.1) is 35.7 Å². The summed E-state index contributed by atoms with van der Waals surface area (Å²) in [6.45, 7) is 2.66. The maximum atomic E-state index is 12.0. The molecule has 32 heavy (non-hydrogen) atoms. The Bertz CT molecular complexity index is 831. The fourth-order valence-corrected chi connectivity index (χ4v) is 3.96. The molecule has 0 aliphatic carbocycles. The molecule has 1 amide bonds. The van der Waals surface area contributed by atoms with E-state index in [-0.39, 0.29) is 36.4 Å². The lowest BCUT2D eigenvalue weighted by Crippen LogP contribution is -2.49. The van der Waals surface area contributed by atoms with Crippen molar-refractivity contribution in [2.75, 3.05) is 50.9 Å². The first kappa shape index (κ1) is 26.2. The monoisotopic (exact) mass is 569 g/mol. The standard InChI is InChI=1S/C22H31N7OS.HI/c1-28(2)20(30)17-26-21(23-13-16-31-19-7-4-3-5-8-19)27-18-9-14-29(15-10-18)22-24-11-6-12-25-22;/h3-8,11-12,18H,9-10,13-17H2,1-2H3,(H2,23,26,27);1H. The minimum absolute atomic E-state index is 0. The van der Waals surface area contributed by atoms with Crippen molar-refractivity contribution < 1.29 is 4.79 Å². The number of aliphatic imine (C=N–C) groups is 1. The average molecular weight is 570 g/mol. The van der Waals surface area contributed by atoms with Crippen molar-refractivity contribution in [3.05, 3.63) is 48.8 Å². The largest absolute Gasteiger partial charge is 0.356 e. The Labute approximate surface area is 211 Å². The van der Waals surface area contributed by atoms with Crippen LogP contribution in [0.3, 0.4) is 0 Å². The van der Waals surface area contributed by atoms with Crippen molar-refractivity contribution in [3.8, 4) is 0 Å². The van der Waals surface area contributed by atoms with Gasteiger partial charge in [-0.1, -0.05) is 18.2 Å². The highest BCUT2D eigenvalue weighted by Crippen LogP contribution is 2.16. The number of carbonyl (C=O) groups excluding carboxylic acids is 1. The third kappa shape index (κ3) is 8.81. The van der Waals surface area contributed by atoms with Gasteiger partial charge in [0.05, 0.1) is 0 Å². The Morgan fingerprint density at radius 1 is 1.16 bits per heavy atom. The predicted molar refractivity (Wildman–Crippen MR) is 142 cm³/mol. The number of nitrogens with zero attached hydrogens (tertiary/aromatic N) is 5. The van der Waals surface area contributed by atoms with Crippen LogP contribution in [-0.2, 0) is 4.79 Å². The Kier molecular flexibility index (Phi) is 11.6. The lowest BCUT2D eigenvalue weighted by atomic mass is 10.1. The quantitative estimate of drug-likeness (QED) is 0.166. The molecule has 0 unspecified atom stereocenters. The molecule has 1 fully saturated rings. The summed E-state index contributed by atoms with van der Waals surface area (Å²) >= 11 is 1.79. The highest BCUT2D eigenvalue weighted by Gasteiger charge is 2.21. The van der Waals surface area contributed by atoms with Gasteiger partial charge in [0.15, 0.2) is 5.96 Å². The molecule has 1 saturated heterocycles. The van der Waals surface area contributed by atoms with Gasteiger partial charge in [-0.3, -0.25) is 4.79 Å². The zero-order valence-corrected chi connectivity index (χ0v) is 21.8. The molecule has 0 saturated carbocycles. The minimum Gasteiger partial charge on any atom is -0.356 e. The number of carbonyl (C=O) groups is 1.